The minimum atomic E-state index is -5.08. The van der Waals surface area contributed by atoms with E-state index in [9.17, 15) is 22.8 Å². The Balaban J connectivity index is 0.000000370. The predicted molar refractivity (Wildman–Crippen MR) is 97.0 cm³/mol. The summed E-state index contributed by atoms with van der Waals surface area (Å²) in [6.07, 6.45) is 0.621. The van der Waals surface area contributed by atoms with Crippen LogP contribution in [0.2, 0.25) is 0 Å². The van der Waals surface area contributed by atoms with E-state index in [4.69, 9.17) is 9.90 Å². The van der Waals surface area contributed by atoms with E-state index in [2.05, 4.69) is 10.3 Å². The number of piperidine rings is 1. The molecular formula is C19H24F3N3O4. The van der Waals surface area contributed by atoms with Crippen LogP contribution in [0.1, 0.15) is 41.7 Å². The Hall–Kier alpha value is -2.65. The highest BCUT2D eigenvalue weighted by Gasteiger charge is 2.38. The van der Waals surface area contributed by atoms with Gasteiger partial charge in [-0.25, -0.2) is 4.79 Å². The summed E-state index contributed by atoms with van der Waals surface area (Å²) >= 11 is 0. The Morgan fingerprint density at radius 1 is 1.17 bits per heavy atom. The summed E-state index contributed by atoms with van der Waals surface area (Å²) in [6, 6.07) is 3.64. The molecule has 2 amide bonds. The van der Waals surface area contributed by atoms with E-state index in [1.165, 1.54) is 0 Å². The predicted octanol–water partition coefficient (Wildman–Crippen LogP) is 2.40. The number of hydrogen-bond acceptors (Lipinski definition) is 4. The molecule has 1 aromatic rings. The number of carbonyl (C=O) groups excluding carboxylic acids is 2. The third-order valence-corrected chi connectivity index (χ3v) is 4.82. The van der Waals surface area contributed by atoms with Gasteiger partial charge in [-0.15, -0.1) is 0 Å². The third kappa shape index (κ3) is 7.35. The van der Waals surface area contributed by atoms with Crippen molar-refractivity contribution in [1.82, 2.24) is 15.2 Å². The Morgan fingerprint density at radius 3 is 2.21 bits per heavy atom. The Morgan fingerprint density at radius 2 is 1.76 bits per heavy atom. The molecule has 0 spiro atoms. The van der Waals surface area contributed by atoms with E-state index in [0.717, 1.165) is 44.5 Å². The van der Waals surface area contributed by atoms with E-state index >= 15 is 0 Å². The zero-order valence-corrected chi connectivity index (χ0v) is 16.0. The quantitative estimate of drug-likeness (QED) is 0.787. The van der Waals surface area contributed by atoms with Gasteiger partial charge in [0.25, 0.3) is 5.91 Å². The Labute approximate surface area is 166 Å². The van der Waals surface area contributed by atoms with Gasteiger partial charge in [0.2, 0.25) is 5.91 Å². The number of nitrogens with one attached hydrogen (secondary N) is 1. The average Bonchev–Trinajstić information content (AvgIpc) is 3.51. The number of hydrogen-bond donors (Lipinski definition) is 2. The van der Waals surface area contributed by atoms with Crippen LogP contribution in [-0.2, 0) is 9.59 Å². The lowest BCUT2D eigenvalue weighted by atomic mass is 9.96. The number of carbonyl (C=O) groups is 3. The number of carboxylic acid groups (broad SMARTS) is 1. The van der Waals surface area contributed by atoms with Gasteiger partial charge < -0.3 is 15.3 Å². The van der Waals surface area contributed by atoms with Gasteiger partial charge >= 0.3 is 12.1 Å². The van der Waals surface area contributed by atoms with Gasteiger partial charge in [0.15, 0.2) is 0 Å². The molecule has 3 rings (SSSR count). The van der Waals surface area contributed by atoms with Crippen molar-refractivity contribution in [3.63, 3.8) is 0 Å². The van der Waals surface area contributed by atoms with Crippen LogP contribution < -0.4 is 5.32 Å². The SMILES string of the molecule is Cc1ccc(C(=O)NCC2CCN(C(=O)C3CC3)CC2)cn1.O=C(O)C(F)(F)F. The average molecular weight is 415 g/mol. The van der Waals surface area contributed by atoms with Crippen molar-refractivity contribution < 1.29 is 32.7 Å². The summed E-state index contributed by atoms with van der Waals surface area (Å²) in [5, 5.41) is 10.1. The number of amides is 2. The fourth-order valence-corrected chi connectivity index (χ4v) is 2.89. The smallest absolute Gasteiger partial charge is 0.475 e. The van der Waals surface area contributed by atoms with Crippen LogP contribution in [0.5, 0.6) is 0 Å². The molecule has 2 N–H and O–H groups in total. The molecule has 29 heavy (non-hydrogen) atoms. The van der Waals surface area contributed by atoms with Crippen LogP contribution in [0, 0.1) is 18.8 Å². The second-order valence-corrected chi connectivity index (χ2v) is 7.24. The molecule has 0 radical (unpaired) electrons. The van der Waals surface area contributed by atoms with Crippen LogP contribution in [0.25, 0.3) is 0 Å². The monoisotopic (exact) mass is 415 g/mol. The molecule has 1 aliphatic carbocycles. The number of pyridine rings is 1. The number of aliphatic carboxylic acids is 1. The number of carboxylic acids is 1. The molecule has 2 heterocycles. The van der Waals surface area contributed by atoms with Crippen LogP contribution >= 0.6 is 0 Å². The number of aryl methyl sites for hydroxylation is 1. The number of likely N-dealkylation sites (tertiary alicyclic amines) is 1. The van der Waals surface area contributed by atoms with Crippen LogP contribution in [0.4, 0.5) is 13.2 Å². The van der Waals surface area contributed by atoms with Gasteiger partial charge in [0.05, 0.1) is 5.56 Å². The summed E-state index contributed by atoms with van der Waals surface area (Å²) < 4.78 is 31.7. The minimum Gasteiger partial charge on any atom is -0.475 e. The van der Waals surface area contributed by atoms with Crippen molar-refractivity contribution in [2.24, 2.45) is 11.8 Å². The van der Waals surface area contributed by atoms with Gasteiger partial charge in [0.1, 0.15) is 0 Å². The molecule has 0 aromatic carbocycles. The number of nitrogens with zero attached hydrogens (tertiary/aromatic N) is 2. The van der Waals surface area contributed by atoms with Gasteiger partial charge in [0, 0.05) is 37.4 Å². The largest absolute Gasteiger partial charge is 0.490 e. The zero-order valence-electron chi connectivity index (χ0n) is 16.0. The van der Waals surface area contributed by atoms with Crippen molar-refractivity contribution in [3.05, 3.63) is 29.6 Å². The fourth-order valence-electron chi connectivity index (χ4n) is 2.89. The van der Waals surface area contributed by atoms with Crippen molar-refractivity contribution >= 4 is 17.8 Å². The van der Waals surface area contributed by atoms with Gasteiger partial charge in [-0.3, -0.25) is 14.6 Å². The number of rotatable bonds is 4. The summed E-state index contributed by atoms with van der Waals surface area (Å²) in [5.41, 5.74) is 1.51. The molecule has 0 atom stereocenters. The van der Waals surface area contributed by atoms with Crippen molar-refractivity contribution in [2.75, 3.05) is 19.6 Å². The number of alkyl halides is 3. The van der Waals surface area contributed by atoms with Crippen molar-refractivity contribution in [1.29, 1.82) is 0 Å². The van der Waals surface area contributed by atoms with E-state index in [-0.39, 0.29) is 5.91 Å². The molecular weight excluding hydrogens is 391 g/mol. The van der Waals surface area contributed by atoms with E-state index in [1.807, 2.05) is 17.9 Å². The van der Waals surface area contributed by atoms with Gasteiger partial charge in [-0.2, -0.15) is 13.2 Å². The van der Waals surface area contributed by atoms with Gasteiger partial charge in [-0.05, 0) is 50.7 Å². The summed E-state index contributed by atoms with van der Waals surface area (Å²) in [6.45, 7) is 4.25. The molecule has 1 saturated carbocycles. The maximum Gasteiger partial charge on any atom is 0.490 e. The maximum absolute atomic E-state index is 12.1. The lowest BCUT2D eigenvalue weighted by Crippen LogP contribution is -2.42. The minimum absolute atomic E-state index is 0.0658. The van der Waals surface area contributed by atoms with Crippen molar-refractivity contribution in [3.8, 4) is 0 Å². The van der Waals surface area contributed by atoms with Crippen LogP contribution in [0.15, 0.2) is 18.3 Å². The Kier molecular flexibility index (Phi) is 7.58. The standard InChI is InChI=1S/C17H23N3O2.C2HF3O2/c1-12-2-3-15(11-18-12)16(21)19-10-13-6-8-20(9-7-13)17(22)14-4-5-14;3-2(4,5)1(6)7/h2-3,11,13-14H,4-10H2,1H3,(H,19,21);(H,6,7). The molecule has 0 unspecified atom stereocenters. The molecule has 160 valence electrons. The molecule has 1 saturated heterocycles. The highest BCUT2D eigenvalue weighted by Crippen LogP contribution is 2.32. The first-order valence-corrected chi connectivity index (χ1v) is 9.37. The first kappa shape index (κ1) is 22.6. The lowest BCUT2D eigenvalue weighted by molar-refractivity contribution is -0.192. The molecule has 2 fully saturated rings. The first-order valence-electron chi connectivity index (χ1n) is 9.37. The summed E-state index contributed by atoms with van der Waals surface area (Å²) in [5.74, 6) is -1.71. The molecule has 0 bridgehead atoms. The third-order valence-electron chi connectivity index (χ3n) is 4.82. The Bertz CT molecular complexity index is 725. The second kappa shape index (κ2) is 9.71. The van der Waals surface area contributed by atoms with Gasteiger partial charge in [-0.1, -0.05) is 0 Å². The highest BCUT2D eigenvalue weighted by atomic mass is 19.4. The molecule has 10 heteroatoms. The number of aromatic nitrogens is 1. The summed E-state index contributed by atoms with van der Waals surface area (Å²) in [7, 11) is 0. The maximum atomic E-state index is 12.1. The fraction of sp³-hybridized carbons (Fsp3) is 0.579. The zero-order chi connectivity index (χ0) is 21.6. The molecule has 1 aliphatic heterocycles. The van der Waals surface area contributed by atoms with Crippen LogP contribution in [0.3, 0.4) is 0 Å². The molecule has 2 aliphatic rings. The normalized spacial score (nSPS) is 17.2. The van der Waals surface area contributed by atoms with Crippen molar-refractivity contribution in [2.45, 2.75) is 38.8 Å². The van der Waals surface area contributed by atoms with E-state index in [0.29, 0.717) is 29.9 Å². The van der Waals surface area contributed by atoms with Crippen LogP contribution in [-0.4, -0.2) is 58.6 Å². The van der Waals surface area contributed by atoms with E-state index < -0.39 is 12.1 Å². The molecule has 1 aromatic heterocycles. The van der Waals surface area contributed by atoms with E-state index in [1.54, 1.807) is 12.3 Å². The second-order valence-electron chi connectivity index (χ2n) is 7.24. The lowest BCUT2D eigenvalue weighted by Gasteiger charge is -2.32. The highest BCUT2D eigenvalue weighted by molar-refractivity contribution is 5.93. The molecule has 7 nitrogen and oxygen atoms in total. The number of halogens is 3. The summed E-state index contributed by atoms with van der Waals surface area (Å²) in [4.78, 5) is 39.1. The topological polar surface area (TPSA) is 99.6 Å². The first-order chi connectivity index (χ1) is 13.6.